The standard InChI is InChI=1S/C19H27N7O/c1-20-19(21-12-17-24-23-16-8-4-5-10-26(16)17)22-15-9-11-25(13-15)18(27)14-6-2-3-7-14/h4-5,8,10,14-15H,2-3,6-7,9,11-13H2,1H3,(H2,20,21,22). The molecule has 1 aliphatic heterocycles. The van der Waals surface area contributed by atoms with Gasteiger partial charge in [0.25, 0.3) is 0 Å². The highest BCUT2D eigenvalue weighted by molar-refractivity contribution is 5.81. The molecule has 2 aromatic rings. The molecule has 27 heavy (non-hydrogen) atoms. The summed E-state index contributed by atoms with van der Waals surface area (Å²) >= 11 is 0. The molecule has 2 N–H and O–H groups in total. The Hall–Kier alpha value is -2.64. The summed E-state index contributed by atoms with van der Waals surface area (Å²) in [5, 5.41) is 15.1. The van der Waals surface area contributed by atoms with E-state index in [1.165, 1.54) is 12.8 Å². The van der Waals surface area contributed by atoms with Crippen LogP contribution >= 0.6 is 0 Å². The number of carbonyl (C=O) groups is 1. The van der Waals surface area contributed by atoms with Crippen LogP contribution in [0, 0.1) is 5.92 Å². The quantitative estimate of drug-likeness (QED) is 0.624. The van der Waals surface area contributed by atoms with Gasteiger partial charge in [0.1, 0.15) is 0 Å². The van der Waals surface area contributed by atoms with E-state index in [0.717, 1.165) is 49.8 Å². The van der Waals surface area contributed by atoms with Crippen molar-refractivity contribution in [3.63, 3.8) is 0 Å². The van der Waals surface area contributed by atoms with Crippen molar-refractivity contribution in [1.29, 1.82) is 0 Å². The van der Waals surface area contributed by atoms with E-state index in [2.05, 4.69) is 25.8 Å². The number of aliphatic imine (C=N–C) groups is 1. The molecular formula is C19H27N7O. The van der Waals surface area contributed by atoms with Gasteiger partial charge in [-0.05, 0) is 31.4 Å². The van der Waals surface area contributed by atoms with Gasteiger partial charge in [0.2, 0.25) is 5.91 Å². The monoisotopic (exact) mass is 369 g/mol. The molecule has 1 aliphatic carbocycles. The molecule has 3 heterocycles. The second kappa shape index (κ2) is 7.94. The van der Waals surface area contributed by atoms with Crippen molar-refractivity contribution in [1.82, 2.24) is 30.1 Å². The number of aromatic nitrogens is 3. The van der Waals surface area contributed by atoms with Gasteiger partial charge in [-0.15, -0.1) is 10.2 Å². The van der Waals surface area contributed by atoms with Crippen LogP contribution in [0.1, 0.15) is 37.9 Å². The van der Waals surface area contributed by atoms with Gasteiger partial charge in [-0.1, -0.05) is 18.9 Å². The Morgan fingerprint density at radius 3 is 2.93 bits per heavy atom. The normalized spacial score (nSPS) is 21.1. The van der Waals surface area contributed by atoms with E-state index in [1.54, 1.807) is 7.05 Å². The van der Waals surface area contributed by atoms with Crippen LogP contribution in [-0.4, -0.2) is 57.5 Å². The zero-order valence-electron chi connectivity index (χ0n) is 15.8. The summed E-state index contributed by atoms with van der Waals surface area (Å²) in [5.74, 6) is 2.15. The van der Waals surface area contributed by atoms with Crippen LogP contribution in [0.25, 0.3) is 5.65 Å². The summed E-state index contributed by atoms with van der Waals surface area (Å²) in [7, 11) is 1.76. The van der Waals surface area contributed by atoms with Crippen molar-refractivity contribution in [2.75, 3.05) is 20.1 Å². The van der Waals surface area contributed by atoms with E-state index in [4.69, 9.17) is 0 Å². The number of hydrogen-bond donors (Lipinski definition) is 2. The lowest BCUT2D eigenvalue weighted by Crippen LogP contribution is -2.45. The van der Waals surface area contributed by atoms with E-state index < -0.39 is 0 Å². The SMILES string of the molecule is CN=C(NCc1nnc2ccccn12)NC1CCN(C(=O)C2CCCC2)C1. The number of carbonyl (C=O) groups excluding carboxylic acids is 1. The van der Waals surface area contributed by atoms with Gasteiger partial charge in [0.15, 0.2) is 17.4 Å². The third-order valence-electron chi connectivity index (χ3n) is 5.57. The van der Waals surface area contributed by atoms with Gasteiger partial charge in [-0.3, -0.25) is 14.2 Å². The highest BCUT2D eigenvalue weighted by Crippen LogP contribution is 2.27. The van der Waals surface area contributed by atoms with Crippen LogP contribution in [0.3, 0.4) is 0 Å². The van der Waals surface area contributed by atoms with E-state index in [9.17, 15) is 4.79 Å². The minimum atomic E-state index is 0.233. The molecule has 1 saturated carbocycles. The van der Waals surface area contributed by atoms with Gasteiger partial charge in [-0.25, -0.2) is 0 Å². The first kappa shape index (κ1) is 17.8. The number of amides is 1. The van der Waals surface area contributed by atoms with Crippen LogP contribution in [0.4, 0.5) is 0 Å². The van der Waals surface area contributed by atoms with Gasteiger partial charge in [-0.2, -0.15) is 0 Å². The molecule has 2 fully saturated rings. The largest absolute Gasteiger partial charge is 0.352 e. The summed E-state index contributed by atoms with van der Waals surface area (Å²) in [5.41, 5.74) is 0.828. The number of pyridine rings is 1. The Morgan fingerprint density at radius 2 is 2.11 bits per heavy atom. The van der Waals surface area contributed by atoms with E-state index in [1.807, 2.05) is 33.7 Å². The average molecular weight is 369 g/mol. The lowest BCUT2D eigenvalue weighted by molar-refractivity contribution is -0.134. The lowest BCUT2D eigenvalue weighted by Gasteiger charge is -2.21. The van der Waals surface area contributed by atoms with Gasteiger partial charge >= 0.3 is 0 Å². The third kappa shape index (κ3) is 3.89. The molecule has 1 atom stereocenters. The minimum Gasteiger partial charge on any atom is -0.352 e. The van der Waals surface area contributed by atoms with Crippen LogP contribution < -0.4 is 10.6 Å². The predicted octanol–water partition coefficient (Wildman–Crippen LogP) is 1.19. The molecule has 144 valence electrons. The minimum absolute atomic E-state index is 0.233. The highest BCUT2D eigenvalue weighted by Gasteiger charge is 2.32. The summed E-state index contributed by atoms with van der Waals surface area (Å²) in [6.45, 7) is 2.12. The smallest absolute Gasteiger partial charge is 0.225 e. The first-order valence-electron chi connectivity index (χ1n) is 9.79. The summed E-state index contributed by atoms with van der Waals surface area (Å²) in [6, 6.07) is 6.07. The van der Waals surface area contributed by atoms with E-state index >= 15 is 0 Å². The zero-order valence-corrected chi connectivity index (χ0v) is 15.8. The molecule has 4 rings (SSSR count). The predicted molar refractivity (Wildman–Crippen MR) is 103 cm³/mol. The van der Waals surface area contributed by atoms with Crippen LogP contribution in [0.2, 0.25) is 0 Å². The highest BCUT2D eigenvalue weighted by atomic mass is 16.2. The van der Waals surface area contributed by atoms with Crippen LogP contribution in [0.5, 0.6) is 0 Å². The van der Waals surface area contributed by atoms with Crippen molar-refractivity contribution in [3.05, 3.63) is 30.2 Å². The number of nitrogens with one attached hydrogen (secondary N) is 2. The van der Waals surface area contributed by atoms with Gasteiger partial charge in [0, 0.05) is 38.3 Å². The second-order valence-corrected chi connectivity index (χ2v) is 7.37. The number of hydrogen-bond acceptors (Lipinski definition) is 4. The fourth-order valence-electron chi connectivity index (χ4n) is 4.07. The van der Waals surface area contributed by atoms with Crippen LogP contribution in [-0.2, 0) is 11.3 Å². The summed E-state index contributed by atoms with van der Waals surface area (Å²) < 4.78 is 1.96. The van der Waals surface area contributed by atoms with Crippen LogP contribution in [0.15, 0.2) is 29.4 Å². The first-order valence-corrected chi connectivity index (χ1v) is 9.79. The number of rotatable bonds is 4. The van der Waals surface area contributed by atoms with E-state index in [0.29, 0.717) is 12.5 Å². The second-order valence-electron chi connectivity index (χ2n) is 7.37. The molecule has 8 heteroatoms. The van der Waals surface area contributed by atoms with Gasteiger partial charge in [0.05, 0.1) is 6.54 Å². The first-order chi connectivity index (χ1) is 13.2. The Bertz CT molecular complexity index is 824. The molecule has 2 aromatic heterocycles. The Kier molecular flexibility index (Phi) is 5.22. The molecule has 0 bridgehead atoms. The lowest BCUT2D eigenvalue weighted by atomic mass is 10.1. The maximum Gasteiger partial charge on any atom is 0.225 e. The molecule has 8 nitrogen and oxygen atoms in total. The molecule has 0 spiro atoms. The molecular weight excluding hydrogens is 342 g/mol. The molecule has 1 saturated heterocycles. The van der Waals surface area contributed by atoms with Crippen molar-refractivity contribution in [2.24, 2.45) is 10.9 Å². The molecule has 0 aromatic carbocycles. The summed E-state index contributed by atoms with van der Waals surface area (Å²) in [6.07, 6.45) is 7.41. The fraction of sp³-hybridized carbons (Fsp3) is 0.579. The molecule has 2 aliphatic rings. The summed E-state index contributed by atoms with van der Waals surface area (Å²) in [4.78, 5) is 18.9. The zero-order chi connectivity index (χ0) is 18.6. The van der Waals surface area contributed by atoms with Gasteiger partial charge < -0.3 is 15.5 Å². The Balaban J connectivity index is 1.30. The average Bonchev–Trinajstić information content (AvgIpc) is 3.45. The molecule has 1 unspecified atom stereocenters. The Labute approximate surface area is 159 Å². The topological polar surface area (TPSA) is 86.9 Å². The Morgan fingerprint density at radius 1 is 1.26 bits per heavy atom. The maximum absolute atomic E-state index is 12.6. The maximum atomic E-state index is 12.6. The number of nitrogens with zero attached hydrogens (tertiary/aromatic N) is 5. The van der Waals surface area contributed by atoms with E-state index in [-0.39, 0.29) is 12.0 Å². The number of guanidine groups is 1. The van der Waals surface area contributed by atoms with Crippen molar-refractivity contribution < 1.29 is 4.79 Å². The molecule has 0 radical (unpaired) electrons. The fourth-order valence-corrected chi connectivity index (χ4v) is 4.07. The molecule has 1 amide bonds. The third-order valence-corrected chi connectivity index (χ3v) is 5.57. The van der Waals surface area contributed by atoms with Crippen molar-refractivity contribution >= 4 is 17.5 Å². The number of likely N-dealkylation sites (tertiary alicyclic amines) is 1. The van der Waals surface area contributed by atoms with Crippen molar-refractivity contribution in [3.8, 4) is 0 Å². The van der Waals surface area contributed by atoms with Crippen molar-refractivity contribution in [2.45, 2.75) is 44.7 Å². The number of fused-ring (bicyclic) bond motifs is 1.